The summed E-state index contributed by atoms with van der Waals surface area (Å²) in [5.74, 6) is 1.72. The number of hydrogen-bond acceptors (Lipinski definition) is 3. The molecule has 0 bridgehead atoms. The molecule has 3 aromatic rings. The maximum absolute atomic E-state index is 6.03. The molecule has 7 heteroatoms. The highest BCUT2D eigenvalue weighted by Crippen LogP contribution is 2.42. The van der Waals surface area contributed by atoms with Gasteiger partial charge in [-0.2, -0.15) is 4.68 Å². The van der Waals surface area contributed by atoms with E-state index < -0.39 is 0 Å². The van der Waals surface area contributed by atoms with Crippen molar-refractivity contribution in [3.63, 3.8) is 0 Å². The van der Waals surface area contributed by atoms with Gasteiger partial charge in [-0.1, -0.05) is 11.6 Å². The van der Waals surface area contributed by atoms with Gasteiger partial charge in [0.05, 0.1) is 6.54 Å². The van der Waals surface area contributed by atoms with Gasteiger partial charge in [0, 0.05) is 40.4 Å². The molecule has 1 unspecified atom stereocenters. The first kappa shape index (κ1) is 17.6. The van der Waals surface area contributed by atoms with Crippen molar-refractivity contribution >= 4 is 35.2 Å². The number of rotatable bonds is 4. The number of halogens is 1. The van der Waals surface area contributed by atoms with Crippen molar-refractivity contribution in [2.24, 2.45) is 13.0 Å². The van der Waals surface area contributed by atoms with Crippen LogP contribution in [0.2, 0.25) is 5.02 Å². The molecular formula is C20H22ClN4S2+. The van der Waals surface area contributed by atoms with E-state index >= 15 is 0 Å². The van der Waals surface area contributed by atoms with E-state index in [9.17, 15) is 0 Å². The Bertz CT molecular complexity index is 1030. The molecule has 1 aliphatic carbocycles. The van der Waals surface area contributed by atoms with Crippen LogP contribution in [0.15, 0.2) is 35.7 Å². The standard InChI is InChI=1S/C20H21ClN4S2/c1-23-19(14-4-6-15(21)7-5-14)22-25(20(23)26)12-24-10-8-17-16(9-11-27-17)18(24)13-2-3-13/h4-7,9,11,13,18H,2-3,8,10,12H2,1H3/p+1/t18-/m1/s1. The summed E-state index contributed by atoms with van der Waals surface area (Å²) in [5.41, 5.74) is 2.61. The molecule has 1 saturated carbocycles. The zero-order valence-electron chi connectivity index (χ0n) is 15.2. The molecule has 4 nitrogen and oxygen atoms in total. The molecule has 0 radical (unpaired) electrons. The molecule has 1 aromatic carbocycles. The van der Waals surface area contributed by atoms with Gasteiger partial charge in [0.15, 0.2) is 12.5 Å². The fourth-order valence-electron chi connectivity index (χ4n) is 4.31. The number of nitrogens with one attached hydrogen (secondary N) is 1. The summed E-state index contributed by atoms with van der Waals surface area (Å²) in [6, 6.07) is 10.7. The molecule has 2 aromatic heterocycles. The largest absolute Gasteiger partial charge is 0.310 e. The minimum absolute atomic E-state index is 0.600. The molecule has 140 valence electrons. The molecular weight excluding hydrogens is 396 g/mol. The van der Waals surface area contributed by atoms with Crippen molar-refractivity contribution in [1.29, 1.82) is 0 Å². The fourth-order valence-corrected chi connectivity index (χ4v) is 5.56. The van der Waals surface area contributed by atoms with Crippen LogP contribution in [0.1, 0.15) is 29.3 Å². The number of nitrogens with zero attached hydrogens (tertiary/aromatic N) is 3. The quantitative estimate of drug-likeness (QED) is 0.652. The Kier molecular flexibility index (Phi) is 4.47. The molecule has 5 rings (SSSR count). The minimum atomic E-state index is 0.600. The highest BCUT2D eigenvalue weighted by molar-refractivity contribution is 7.71. The number of fused-ring (bicyclic) bond motifs is 1. The van der Waals surface area contributed by atoms with Crippen LogP contribution in [0.3, 0.4) is 0 Å². The van der Waals surface area contributed by atoms with Gasteiger partial charge in [0.25, 0.3) is 0 Å². The number of thiophene rings is 1. The Morgan fingerprint density at radius 2 is 2.04 bits per heavy atom. The summed E-state index contributed by atoms with van der Waals surface area (Å²) < 4.78 is 4.80. The van der Waals surface area contributed by atoms with Gasteiger partial charge in [-0.3, -0.25) is 0 Å². The molecule has 1 fully saturated rings. The van der Waals surface area contributed by atoms with Crippen LogP contribution in [0.5, 0.6) is 0 Å². The lowest BCUT2D eigenvalue weighted by Crippen LogP contribution is -3.13. The fraction of sp³-hybridized carbons (Fsp3) is 0.400. The Balaban J connectivity index is 1.47. The summed E-state index contributed by atoms with van der Waals surface area (Å²) in [5, 5.41) is 7.87. The molecule has 0 saturated heterocycles. The monoisotopic (exact) mass is 417 g/mol. The van der Waals surface area contributed by atoms with E-state index in [1.807, 2.05) is 51.9 Å². The zero-order chi connectivity index (χ0) is 18.5. The minimum Gasteiger partial charge on any atom is -0.310 e. The molecule has 0 amide bonds. The average molecular weight is 418 g/mol. The second-order valence-corrected chi connectivity index (χ2v) is 9.40. The Labute approximate surface area is 173 Å². The predicted octanol–water partition coefficient (Wildman–Crippen LogP) is 3.88. The van der Waals surface area contributed by atoms with E-state index in [2.05, 4.69) is 11.4 Å². The van der Waals surface area contributed by atoms with E-state index in [0.717, 1.165) is 46.7 Å². The third kappa shape index (κ3) is 3.18. The van der Waals surface area contributed by atoms with E-state index in [1.54, 1.807) is 15.3 Å². The van der Waals surface area contributed by atoms with Crippen LogP contribution in [-0.4, -0.2) is 20.9 Å². The lowest BCUT2D eigenvalue weighted by Gasteiger charge is -2.32. The number of aromatic nitrogens is 3. The lowest BCUT2D eigenvalue weighted by atomic mass is 9.96. The van der Waals surface area contributed by atoms with E-state index in [4.69, 9.17) is 28.9 Å². The van der Waals surface area contributed by atoms with Gasteiger partial charge in [-0.05, 0) is 60.8 Å². The van der Waals surface area contributed by atoms with Gasteiger partial charge < -0.3 is 9.47 Å². The Morgan fingerprint density at radius 1 is 1.26 bits per heavy atom. The summed E-state index contributed by atoms with van der Waals surface area (Å²) >= 11 is 13.7. The lowest BCUT2D eigenvalue weighted by molar-refractivity contribution is -0.958. The van der Waals surface area contributed by atoms with E-state index in [0.29, 0.717) is 6.04 Å². The van der Waals surface area contributed by atoms with Crippen LogP contribution in [0.25, 0.3) is 11.4 Å². The summed E-state index contributed by atoms with van der Waals surface area (Å²) in [6.07, 6.45) is 3.87. The van der Waals surface area contributed by atoms with E-state index in [1.165, 1.54) is 12.8 Å². The van der Waals surface area contributed by atoms with Crippen molar-refractivity contribution in [1.82, 2.24) is 14.3 Å². The SMILES string of the molecule is Cn1c(-c2ccc(Cl)cc2)nn(C[NH+]2CCc3sccc3[C@H]2C2CC2)c1=S. The van der Waals surface area contributed by atoms with Crippen molar-refractivity contribution in [2.75, 3.05) is 6.54 Å². The van der Waals surface area contributed by atoms with Crippen molar-refractivity contribution in [3.05, 3.63) is 55.9 Å². The van der Waals surface area contributed by atoms with Gasteiger partial charge in [-0.25, -0.2) is 0 Å². The van der Waals surface area contributed by atoms with Crippen LogP contribution in [0.4, 0.5) is 0 Å². The first-order valence-electron chi connectivity index (χ1n) is 9.42. The molecule has 2 atom stereocenters. The molecule has 0 spiro atoms. The van der Waals surface area contributed by atoms with Crippen LogP contribution in [0, 0.1) is 10.7 Å². The number of hydrogen-bond donors (Lipinski definition) is 1. The second kappa shape index (κ2) is 6.85. The van der Waals surface area contributed by atoms with Crippen LogP contribution >= 0.6 is 35.2 Å². The molecule has 1 aliphatic heterocycles. The third-order valence-corrected chi connectivity index (χ3v) is 7.55. The van der Waals surface area contributed by atoms with Crippen molar-refractivity contribution in [3.8, 4) is 11.4 Å². The average Bonchev–Trinajstić information content (AvgIpc) is 3.33. The molecule has 1 N–H and O–H groups in total. The van der Waals surface area contributed by atoms with Crippen LogP contribution in [-0.2, 0) is 20.1 Å². The third-order valence-electron chi connectivity index (χ3n) is 5.82. The zero-order valence-corrected chi connectivity index (χ0v) is 17.6. The summed E-state index contributed by atoms with van der Waals surface area (Å²) in [7, 11) is 2.00. The van der Waals surface area contributed by atoms with Crippen LogP contribution < -0.4 is 4.90 Å². The topological polar surface area (TPSA) is 27.2 Å². The molecule has 3 heterocycles. The van der Waals surface area contributed by atoms with Crippen molar-refractivity contribution < 1.29 is 4.90 Å². The number of benzene rings is 1. The van der Waals surface area contributed by atoms with Gasteiger partial charge in [-0.15, -0.1) is 16.4 Å². The first-order chi connectivity index (χ1) is 13.1. The normalized spacial score (nSPS) is 22.0. The summed E-state index contributed by atoms with van der Waals surface area (Å²) in [4.78, 5) is 3.18. The highest BCUT2D eigenvalue weighted by Gasteiger charge is 2.43. The highest BCUT2D eigenvalue weighted by atomic mass is 35.5. The maximum atomic E-state index is 6.03. The van der Waals surface area contributed by atoms with Gasteiger partial charge in [0.2, 0.25) is 4.77 Å². The Morgan fingerprint density at radius 3 is 2.78 bits per heavy atom. The summed E-state index contributed by atoms with van der Waals surface area (Å²) in [6.45, 7) is 1.99. The predicted molar refractivity (Wildman–Crippen MR) is 112 cm³/mol. The number of quaternary nitrogens is 1. The molecule has 2 aliphatic rings. The van der Waals surface area contributed by atoms with E-state index in [-0.39, 0.29) is 0 Å². The first-order valence-corrected chi connectivity index (χ1v) is 11.1. The Hall–Kier alpha value is -1.47. The van der Waals surface area contributed by atoms with Gasteiger partial charge in [0.1, 0.15) is 6.04 Å². The van der Waals surface area contributed by atoms with Gasteiger partial charge >= 0.3 is 0 Å². The smallest absolute Gasteiger partial charge is 0.202 e. The molecule has 27 heavy (non-hydrogen) atoms. The van der Waals surface area contributed by atoms with Crippen molar-refractivity contribution in [2.45, 2.75) is 32.0 Å². The maximum Gasteiger partial charge on any atom is 0.202 e. The second-order valence-electron chi connectivity index (χ2n) is 7.60.